The summed E-state index contributed by atoms with van der Waals surface area (Å²) in [5, 5.41) is 13.4. The van der Waals surface area contributed by atoms with E-state index in [2.05, 4.69) is 9.99 Å². The van der Waals surface area contributed by atoms with Crippen molar-refractivity contribution in [2.45, 2.75) is 0 Å². The van der Waals surface area contributed by atoms with Crippen molar-refractivity contribution in [1.29, 1.82) is 0 Å². The van der Waals surface area contributed by atoms with Crippen LogP contribution in [0.1, 0.15) is 21.5 Å². The van der Waals surface area contributed by atoms with E-state index in [0.717, 1.165) is 0 Å². The van der Waals surface area contributed by atoms with Crippen molar-refractivity contribution in [3.8, 4) is 5.75 Å². The molecule has 0 radical (unpaired) electrons. The second kappa shape index (κ2) is 5.82. The number of benzene rings is 2. The Hall–Kier alpha value is -2.62. The summed E-state index contributed by atoms with van der Waals surface area (Å²) >= 11 is 0. The lowest BCUT2D eigenvalue weighted by molar-refractivity contribution is 0.103. The molecule has 0 amide bonds. The maximum Gasteiger partial charge on any atom is 0.196 e. The zero-order valence-electron chi connectivity index (χ0n) is 10.4. The Bertz CT molecular complexity index is 606. The Kier molecular flexibility index (Phi) is 3.93. The van der Waals surface area contributed by atoms with Crippen LogP contribution in [0.25, 0.3) is 0 Å². The maximum absolute atomic E-state index is 12.3. The third kappa shape index (κ3) is 2.98. The first kappa shape index (κ1) is 12.8. The van der Waals surface area contributed by atoms with Gasteiger partial charge in [-0.3, -0.25) is 4.79 Å². The number of ketones is 1. The number of hydrogen-bond donors (Lipinski definition) is 1. The van der Waals surface area contributed by atoms with Gasteiger partial charge in [-0.05, 0) is 23.8 Å². The van der Waals surface area contributed by atoms with Crippen LogP contribution in [0, 0.1) is 0 Å². The molecule has 0 heterocycles. The number of carbonyl (C=O) groups excluding carboxylic acids is 1. The van der Waals surface area contributed by atoms with Gasteiger partial charge < -0.3 is 9.94 Å². The summed E-state index contributed by atoms with van der Waals surface area (Å²) in [4.78, 5) is 16.8. The number of phenols is 1. The average Bonchev–Trinajstić information content (AvgIpc) is 2.46. The van der Waals surface area contributed by atoms with E-state index in [9.17, 15) is 9.90 Å². The Labute approximate surface area is 111 Å². The fraction of sp³-hybridized carbons (Fsp3) is 0.0667. The van der Waals surface area contributed by atoms with Gasteiger partial charge in [0.05, 0.1) is 11.8 Å². The first-order valence-electron chi connectivity index (χ1n) is 5.71. The lowest BCUT2D eigenvalue weighted by Gasteiger charge is -2.05. The van der Waals surface area contributed by atoms with Crippen LogP contribution in [0.4, 0.5) is 0 Å². The summed E-state index contributed by atoms with van der Waals surface area (Å²) in [6, 6.07) is 13.5. The van der Waals surface area contributed by atoms with Crippen LogP contribution < -0.4 is 0 Å². The molecule has 0 aliphatic heterocycles. The fourth-order valence-electron chi connectivity index (χ4n) is 1.67. The zero-order chi connectivity index (χ0) is 13.7. The van der Waals surface area contributed by atoms with Crippen LogP contribution in [0.2, 0.25) is 0 Å². The zero-order valence-corrected chi connectivity index (χ0v) is 10.4. The summed E-state index contributed by atoms with van der Waals surface area (Å²) in [6.45, 7) is 0. The van der Waals surface area contributed by atoms with E-state index in [-0.39, 0.29) is 17.1 Å². The second-order valence-corrected chi connectivity index (χ2v) is 3.89. The molecule has 0 saturated heterocycles. The smallest absolute Gasteiger partial charge is 0.196 e. The second-order valence-electron chi connectivity index (χ2n) is 3.89. The molecule has 0 aliphatic rings. The molecule has 0 fully saturated rings. The summed E-state index contributed by atoms with van der Waals surface area (Å²) in [5.41, 5.74) is 1.45. The molecule has 19 heavy (non-hydrogen) atoms. The highest BCUT2D eigenvalue weighted by atomic mass is 16.6. The molecule has 1 N–H and O–H groups in total. The van der Waals surface area contributed by atoms with Crippen molar-refractivity contribution in [1.82, 2.24) is 0 Å². The number of phenolic OH excluding ortho intramolecular Hbond substituents is 1. The highest BCUT2D eigenvalue weighted by molar-refractivity contribution is 6.11. The van der Waals surface area contributed by atoms with Crippen molar-refractivity contribution in [3.05, 3.63) is 65.2 Å². The Morgan fingerprint density at radius 3 is 2.63 bits per heavy atom. The standard InChI is InChI=1S/C15H13NO3/c1-19-16-10-11-7-8-14(17)13(9-11)15(18)12-5-3-2-4-6-12/h2-10,17H,1H3. The molecule has 4 heteroatoms. The van der Waals surface area contributed by atoms with Gasteiger partial charge in [-0.15, -0.1) is 0 Å². The number of aromatic hydroxyl groups is 1. The van der Waals surface area contributed by atoms with Crippen LogP contribution in [0.3, 0.4) is 0 Å². The third-order valence-electron chi connectivity index (χ3n) is 2.61. The van der Waals surface area contributed by atoms with Crippen LogP contribution in [0.15, 0.2) is 53.7 Å². The summed E-state index contributed by atoms with van der Waals surface area (Å²) in [7, 11) is 1.44. The minimum atomic E-state index is -0.231. The first-order valence-corrected chi connectivity index (χ1v) is 5.71. The molecule has 0 aliphatic carbocycles. The van der Waals surface area contributed by atoms with Crippen molar-refractivity contribution < 1.29 is 14.7 Å². The van der Waals surface area contributed by atoms with Crippen LogP contribution in [-0.2, 0) is 4.84 Å². The number of oxime groups is 1. The molecular weight excluding hydrogens is 242 g/mol. The molecule has 0 aromatic heterocycles. The van der Waals surface area contributed by atoms with Gasteiger partial charge in [0.2, 0.25) is 0 Å². The van der Waals surface area contributed by atoms with Crippen LogP contribution in [0.5, 0.6) is 5.75 Å². The molecule has 2 rings (SSSR count). The summed E-state index contributed by atoms with van der Waals surface area (Å²) in [6.07, 6.45) is 1.47. The van der Waals surface area contributed by atoms with Crippen molar-refractivity contribution >= 4 is 12.0 Å². The monoisotopic (exact) mass is 255 g/mol. The van der Waals surface area contributed by atoms with Gasteiger partial charge in [0.15, 0.2) is 5.78 Å². The molecule has 0 spiro atoms. The van der Waals surface area contributed by atoms with Gasteiger partial charge in [0.25, 0.3) is 0 Å². The molecule has 0 unspecified atom stereocenters. The number of hydrogen-bond acceptors (Lipinski definition) is 4. The average molecular weight is 255 g/mol. The van der Waals surface area contributed by atoms with E-state index in [1.807, 2.05) is 6.07 Å². The predicted molar refractivity (Wildman–Crippen MR) is 72.6 cm³/mol. The Morgan fingerprint density at radius 1 is 1.21 bits per heavy atom. The van der Waals surface area contributed by atoms with Gasteiger partial charge in [-0.1, -0.05) is 35.5 Å². The fourth-order valence-corrected chi connectivity index (χ4v) is 1.67. The Balaban J connectivity index is 2.39. The largest absolute Gasteiger partial charge is 0.507 e. The van der Waals surface area contributed by atoms with E-state index in [0.29, 0.717) is 11.1 Å². The molecule has 2 aromatic rings. The SMILES string of the molecule is CON=Cc1ccc(O)c(C(=O)c2ccccc2)c1. The quantitative estimate of drug-likeness (QED) is 0.519. The summed E-state index contributed by atoms with van der Waals surface area (Å²) in [5.74, 6) is -0.283. The molecule has 0 atom stereocenters. The highest BCUT2D eigenvalue weighted by Gasteiger charge is 2.13. The molecular formula is C15H13NO3. The lowest BCUT2D eigenvalue weighted by Crippen LogP contribution is -2.02. The van der Waals surface area contributed by atoms with Crippen molar-refractivity contribution in [2.24, 2.45) is 5.16 Å². The lowest BCUT2D eigenvalue weighted by atomic mass is 10.0. The molecule has 4 nitrogen and oxygen atoms in total. The minimum absolute atomic E-state index is 0.0524. The van der Waals surface area contributed by atoms with Gasteiger partial charge >= 0.3 is 0 Å². The predicted octanol–water partition coefficient (Wildman–Crippen LogP) is 2.60. The molecule has 96 valence electrons. The van der Waals surface area contributed by atoms with Gasteiger partial charge in [0, 0.05) is 5.56 Å². The minimum Gasteiger partial charge on any atom is -0.507 e. The van der Waals surface area contributed by atoms with E-state index < -0.39 is 0 Å². The van der Waals surface area contributed by atoms with Crippen LogP contribution in [-0.4, -0.2) is 24.2 Å². The Morgan fingerprint density at radius 2 is 1.95 bits per heavy atom. The molecule has 0 saturated carbocycles. The van der Waals surface area contributed by atoms with Crippen molar-refractivity contribution in [2.75, 3.05) is 7.11 Å². The van der Waals surface area contributed by atoms with E-state index >= 15 is 0 Å². The van der Waals surface area contributed by atoms with Crippen LogP contribution >= 0.6 is 0 Å². The van der Waals surface area contributed by atoms with Gasteiger partial charge in [0.1, 0.15) is 12.9 Å². The number of carbonyl (C=O) groups is 1. The number of nitrogens with zero attached hydrogens (tertiary/aromatic N) is 1. The van der Waals surface area contributed by atoms with Gasteiger partial charge in [-0.25, -0.2) is 0 Å². The normalized spacial score (nSPS) is 10.6. The highest BCUT2D eigenvalue weighted by Crippen LogP contribution is 2.21. The van der Waals surface area contributed by atoms with E-state index in [1.165, 1.54) is 19.4 Å². The molecule has 0 bridgehead atoms. The van der Waals surface area contributed by atoms with Gasteiger partial charge in [-0.2, -0.15) is 0 Å². The number of rotatable bonds is 4. The van der Waals surface area contributed by atoms with E-state index in [4.69, 9.17) is 0 Å². The third-order valence-corrected chi connectivity index (χ3v) is 2.61. The first-order chi connectivity index (χ1) is 9.22. The topological polar surface area (TPSA) is 58.9 Å². The van der Waals surface area contributed by atoms with E-state index in [1.54, 1.807) is 36.4 Å². The summed E-state index contributed by atoms with van der Waals surface area (Å²) < 4.78 is 0. The maximum atomic E-state index is 12.3. The van der Waals surface area contributed by atoms with Crippen molar-refractivity contribution in [3.63, 3.8) is 0 Å². The molecule has 2 aromatic carbocycles.